The lowest BCUT2D eigenvalue weighted by molar-refractivity contribution is -0.150. The van der Waals surface area contributed by atoms with E-state index in [0.717, 1.165) is 6.42 Å². The number of sulfonamides is 1. The van der Waals surface area contributed by atoms with E-state index in [1.54, 1.807) is 35.2 Å². The highest BCUT2D eigenvalue weighted by atomic mass is 32.2. The van der Waals surface area contributed by atoms with Gasteiger partial charge < -0.3 is 4.90 Å². The van der Waals surface area contributed by atoms with Crippen molar-refractivity contribution in [1.29, 1.82) is 0 Å². The van der Waals surface area contributed by atoms with Crippen molar-refractivity contribution in [2.45, 2.75) is 50.6 Å². The van der Waals surface area contributed by atoms with Crippen LogP contribution in [0.5, 0.6) is 0 Å². The summed E-state index contributed by atoms with van der Waals surface area (Å²) in [5.74, 6) is -0.789. The van der Waals surface area contributed by atoms with E-state index in [0.29, 0.717) is 42.4 Å². The maximum atomic E-state index is 15.7. The first-order valence-corrected chi connectivity index (χ1v) is 13.7. The van der Waals surface area contributed by atoms with E-state index >= 15 is 4.39 Å². The number of benzene rings is 2. The van der Waals surface area contributed by atoms with Gasteiger partial charge in [0.2, 0.25) is 21.9 Å². The van der Waals surface area contributed by atoms with Crippen LogP contribution in [-0.2, 0) is 21.2 Å². The van der Waals surface area contributed by atoms with Crippen molar-refractivity contribution in [2.75, 3.05) is 19.2 Å². The molecule has 9 heteroatoms. The largest absolute Gasteiger partial charge is 0.337 e. The molecule has 5 nitrogen and oxygen atoms in total. The predicted molar refractivity (Wildman–Crippen MR) is 127 cm³/mol. The van der Waals surface area contributed by atoms with Gasteiger partial charge in [0, 0.05) is 23.6 Å². The molecule has 0 radical (unpaired) electrons. The molecule has 1 amide bonds. The van der Waals surface area contributed by atoms with Gasteiger partial charge in [-0.3, -0.25) is 4.79 Å². The van der Waals surface area contributed by atoms with E-state index in [1.807, 2.05) is 18.2 Å². The highest BCUT2D eigenvalue weighted by Gasteiger charge is 2.63. The lowest BCUT2D eigenvalue weighted by Gasteiger charge is -2.42. The SMILES string of the molecule is O=C(N1CC2(CC2)[C@H](NS(=O)(=O)CF)[C@@H]1Cc1cccc(-c2ccccc2)c1F)C1(CF)CCC1. The summed E-state index contributed by atoms with van der Waals surface area (Å²) in [6.07, 6.45) is 3.02. The number of nitrogens with one attached hydrogen (secondary N) is 1. The molecule has 0 aromatic heterocycles. The third-order valence-corrected chi connectivity index (χ3v) is 9.05. The molecule has 1 aliphatic heterocycles. The number of hydrogen-bond acceptors (Lipinski definition) is 3. The van der Waals surface area contributed by atoms with E-state index in [9.17, 15) is 22.0 Å². The third kappa shape index (κ3) is 4.27. The number of rotatable bonds is 8. The van der Waals surface area contributed by atoms with Crippen LogP contribution < -0.4 is 4.72 Å². The van der Waals surface area contributed by atoms with Gasteiger partial charge in [-0.05, 0) is 43.2 Å². The van der Waals surface area contributed by atoms with Crippen molar-refractivity contribution in [1.82, 2.24) is 9.62 Å². The maximum Gasteiger partial charge on any atom is 0.241 e. The van der Waals surface area contributed by atoms with Crippen LogP contribution in [0.15, 0.2) is 48.5 Å². The van der Waals surface area contributed by atoms with Crippen molar-refractivity contribution in [3.05, 3.63) is 59.9 Å². The molecule has 1 heterocycles. The van der Waals surface area contributed by atoms with Crippen molar-refractivity contribution in [2.24, 2.45) is 10.8 Å². The Hall–Kier alpha value is -2.39. The summed E-state index contributed by atoms with van der Waals surface area (Å²) in [6.45, 7) is -0.515. The van der Waals surface area contributed by atoms with Gasteiger partial charge in [0.25, 0.3) is 0 Å². The topological polar surface area (TPSA) is 66.5 Å². The van der Waals surface area contributed by atoms with Crippen molar-refractivity contribution >= 4 is 15.9 Å². The van der Waals surface area contributed by atoms with E-state index in [2.05, 4.69) is 4.72 Å². The number of alkyl halides is 2. The number of carbonyl (C=O) groups excluding carboxylic acids is 1. The standard InChI is InChI=1S/C26H29F3N2O3S/c27-15-25(10-5-11-25)24(32)31-16-26(12-13-26)23(30-35(33,34)17-28)21(31)14-19-8-4-9-20(22(19)29)18-6-2-1-3-7-18/h1-4,6-9,21,23,30H,5,10-17H2/t21-,23+/m0/s1. The molecular weight excluding hydrogens is 477 g/mol. The Morgan fingerprint density at radius 2 is 1.74 bits per heavy atom. The molecule has 35 heavy (non-hydrogen) atoms. The minimum atomic E-state index is -4.22. The Bertz CT molecular complexity index is 1210. The first kappa shape index (κ1) is 24.3. The summed E-state index contributed by atoms with van der Waals surface area (Å²) < 4.78 is 70.0. The second-order valence-electron chi connectivity index (χ2n) is 10.3. The summed E-state index contributed by atoms with van der Waals surface area (Å²) in [4.78, 5) is 15.2. The predicted octanol–water partition coefficient (Wildman–Crippen LogP) is 4.38. The molecule has 3 aliphatic rings. The Labute approximate surface area is 203 Å². The normalized spacial score (nSPS) is 24.4. The first-order valence-electron chi connectivity index (χ1n) is 12.0. The van der Waals surface area contributed by atoms with Crippen molar-refractivity contribution in [3.63, 3.8) is 0 Å². The molecule has 2 aromatic rings. The molecule has 188 valence electrons. The quantitative estimate of drug-likeness (QED) is 0.578. The molecule has 0 unspecified atom stereocenters. The van der Waals surface area contributed by atoms with Crippen LogP contribution in [0.3, 0.4) is 0 Å². The summed E-state index contributed by atoms with van der Waals surface area (Å²) in [7, 11) is -4.22. The Morgan fingerprint density at radius 1 is 1.03 bits per heavy atom. The van der Waals surface area contributed by atoms with E-state index in [4.69, 9.17) is 0 Å². The molecule has 2 atom stereocenters. The molecule has 3 fully saturated rings. The summed E-state index contributed by atoms with van der Waals surface area (Å²) in [5, 5.41) is 0. The Balaban J connectivity index is 1.53. The maximum absolute atomic E-state index is 15.7. The van der Waals surface area contributed by atoms with Crippen molar-refractivity contribution in [3.8, 4) is 11.1 Å². The molecule has 1 N–H and O–H groups in total. The Kier molecular flexibility index (Phi) is 6.20. The van der Waals surface area contributed by atoms with E-state index in [1.165, 1.54) is 0 Å². The highest BCUT2D eigenvalue weighted by Crippen LogP contribution is 2.57. The summed E-state index contributed by atoms with van der Waals surface area (Å²) in [5.41, 5.74) is -0.186. The number of carbonyl (C=O) groups is 1. The lowest BCUT2D eigenvalue weighted by atomic mass is 9.68. The third-order valence-electron chi connectivity index (χ3n) is 8.15. The Morgan fingerprint density at radius 3 is 2.31 bits per heavy atom. The average molecular weight is 507 g/mol. The van der Waals surface area contributed by atoms with Gasteiger partial charge in [0.1, 0.15) is 12.5 Å². The fraction of sp³-hybridized carbons (Fsp3) is 0.500. The van der Waals surface area contributed by atoms with Gasteiger partial charge in [-0.25, -0.2) is 26.3 Å². The number of likely N-dealkylation sites (tertiary alicyclic amines) is 1. The van der Waals surface area contributed by atoms with Crippen LogP contribution in [0.2, 0.25) is 0 Å². The van der Waals surface area contributed by atoms with E-state index in [-0.39, 0.29) is 18.9 Å². The average Bonchev–Trinajstić information content (AvgIpc) is 3.55. The number of nitrogens with zero attached hydrogens (tertiary/aromatic N) is 1. The molecule has 2 saturated carbocycles. The smallest absolute Gasteiger partial charge is 0.241 e. The fourth-order valence-corrected chi connectivity index (χ4v) is 6.62. The summed E-state index contributed by atoms with van der Waals surface area (Å²) >= 11 is 0. The van der Waals surface area contributed by atoms with Gasteiger partial charge in [-0.15, -0.1) is 0 Å². The van der Waals surface area contributed by atoms with Crippen LogP contribution in [0.1, 0.15) is 37.7 Å². The number of hydrogen-bond donors (Lipinski definition) is 1. The number of halogens is 3. The molecule has 1 saturated heterocycles. The molecular formula is C26H29F3N2O3S. The second-order valence-corrected chi connectivity index (χ2v) is 12.0. The van der Waals surface area contributed by atoms with E-state index < -0.39 is 51.4 Å². The van der Waals surface area contributed by atoms with Crippen molar-refractivity contribution < 1.29 is 26.4 Å². The zero-order valence-corrected chi connectivity index (χ0v) is 20.2. The van der Waals surface area contributed by atoms with Gasteiger partial charge in [-0.2, -0.15) is 0 Å². The minimum absolute atomic E-state index is 0.0435. The van der Waals surface area contributed by atoms with Gasteiger partial charge in [-0.1, -0.05) is 55.0 Å². The second kappa shape index (κ2) is 8.92. The number of amides is 1. The van der Waals surface area contributed by atoms with Crippen LogP contribution >= 0.6 is 0 Å². The van der Waals surface area contributed by atoms with Crippen LogP contribution in [0.25, 0.3) is 11.1 Å². The molecule has 1 spiro atoms. The zero-order valence-electron chi connectivity index (χ0n) is 19.4. The summed E-state index contributed by atoms with van der Waals surface area (Å²) in [6, 6.07) is 11.0. The van der Waals surface area contributed by atoms with Gasteiger partial charge >= 0.3 is 0 Å². The van der Waals surface area contributed by atoms with Gasteiger partial charge in [0.05, 0.1) is 11.5 Å². The monoisotopic (exact) mass is 506 g/mol. The molecule has 2 aliphatic carbocycles. The first-order chi connectivity index (χ1) is 16.7. The highest BCUT2D eigenvalue weighted by molar-refractivity contribution is 7.89. The van der Waals surface area contributed by atoms with Gasteiger partial charge in [0.15, 0.2) is 0 Å². The lowest BCUT2D eigenvalue weighted by Crippen LogP contribution is -2.55. The van der Waals surface area contributed by atoms with Crippen LogP contribution in [-0.4, -0.2) is 50.5 Å². The van der Waals surface area contributed by atoms with Crippen LogP contribution in [0, 0.1) is 16.6 Å². The molecule has 5 rings (SSSR count). The zero-order chi connectivity index (χ0) is 24.8. The minimum Gasteiger partial charge on any atom is -0.337 e. The molecule has 2 aromatic carbocycles. The fourth-order valence-electron chi connectivity index (χ4n) is 5.77. The van der Waals surface area contributed by atoms with Crippen LogP contribution in [0.4, 0.5) is 13.2 Å². The molecule has 0 bridgehead atoms.